The Hall–Kier alpha value is -7.96. The van der Waals surface area contributed by atoms with Gasteiger partial charge in [0.25, 0.3) is 0 Å². The number of hydrogen-bond acceptors (Lipinski definition) is 4. The molecule has 6 heteroatoms. The van der Waals surface area contributed by atoms with Gasteiger partial charge in [-0.25, -0.2) is 19.9 Å². The highest BCUT2D eigenvalue weighted by Crippen LogP contribution is 2.40. The van der Waals surface area contributed by atoms with E-state index in [1.54, 1.807) is 12.2 Å². The molecule has 1 aliphatic carbocycles. The second kappa shape index (κ2) is 22.9. The molecule has 70 heavy (non-hydrogen) atoms. The van der Waals surface area contributed by atoms with Crippen molar-refractivity contribution in [2.45, 2.75) is 79.6 Å². The summed E-state index contributed by atoms with van der Waals surface area (Å²) in [5.74, 6) is 0.686. The summed E-state index contributed by atoms with van der Waals surface area (Å²) >= 11 is 0. The van der Waals surface area contributed by atoms with Gasteiger partial charge >= 0.3 is 0 Å². The largest absolute Gasteiger partial charge is 0.298 e. The minimum atomic E-state index is 0.686. The van der Waals surface area contributed by atoms with Crippen molar-refractivity contribution in [3.63, 3.8) is 0 Å². The smallest absolute Gasteiger partial charge is 0.160 e. The van der Waals surface area contributed by atoms with Gasteiger partial charge in [-0.3, -0.25) is 9.13 Å². The molecule has 0 N–H and O–H groups in total. The Morgan fingerprint density at radius 2 is 1.19 bits per heavy atom. The molecule has 0 aliphatic heterocycles. The van der Waals surface area contributed by atoms with E-state index in [1.807, 2.05) is 57.3 Å². The van der Waals surface area contributed by atoms with Crippen molar-refractivity contribution in [3.05, 3.63) is 218 Å². The predicted octanol–water partition coefficient (Wildman–Crippen LogP) is 16.9. The number of para-hydroxylation sites is 1. The lowest BCUT2D eigenvalue weighted by Gasteiger charge is -2.16. The van der Waals surface area contributed by atoms with Gasteiger partial charge in [0.15, 0.2) is 5.82 Å². The number of fused-ring (bicyclic) bond motifs is 4. The highest BCUT2D eigenvalue weighted by atomic mass is 15.1. The maximum Gasteiger partial charge on any atom is 0.160 e. The van der Waals surface area contributed by atoms with Gasteiger partial charge in [0, 0.05) is 73.8 Å². The predicted molar refractivity (Wildman–Crippen MR) is 298 cm³/mol. The van der Waals surface area contributed by atoms with Crippen LogP contribution in [-0.4, -0.2) is 29.1 Å². The minimum absolute atomic E-state index is 0.686. The lowest BCUT2D eigenvalue weighted by Crippen LogP contribution is -2.07. The number of benzene rings is 4. The van der Waals surface area contributed by atoms with Crippen LogP contribution in [0.1, 0.15) is 76.4 Å². The molecule has 0 atom stereocenters. The first-order valence-electron chi connectivity index (χ1n) is 24.9. The Labute approximate surface area is 414 Å². The SMILES string of the molecule is C=C/C(=C\C=C/C)n1c2c(c3cc(-c4cc(-c5cnc6c(c5)c(CCC)c(CC)n6-c5ccccc5)cc(-c5cc(-c6ccccc6)nc(-c6ccccc6)n5)c4)cnc31)CCCC2.C=CC=C.CC. The maximum atomic E-state index is 5.31. The summed E-state index contributed by atoms with van der Waals surface area (Å²) in [6, 6.07) is 45.0. The molecule has 0 saturated heterocycles. The van der Waals surface area contributed by atoms with Crippen LogP contribution < -0.4 is 0 Å². The summed E-state index contributed by atoms with van der Waals surface area (Å²) in [6.45, 7) is 21.5. The topological polar surface area (TPSA) is 61.4 Å². The van der Waals surface area contributed by atoms with E-state index in [2.05, 4.69) is 170 Å². The van der Waals surface area contributed by atoms with E-state index in [1.165, 1.54) is 39.7 Å². The number of pyridine rings is 2. The Bertz CT molecular complexity index is 3270. The van der Waals surface area contributed by atoms with E-state index in [0.29, 0.717) is 5.82 Å². The first-order chi connectivity index (χ1) is 34.5. The van der Waals surface area contributed by atoms with Crippen LogP contribution in [0, 0.1) is 0 Å². The van der Waals surface area contributed by atoms with E-state index in [0.717, 1.165) is 112 Å². The fraction of sp³-hybridized carbons (Fsp3) is 0.188. The third-order valence-electron chi connectivity index (χ3n) is 12.8. The number of allylic oxidation sites excluding steroid dienone is 7. The Morgan fingerprint density at radius 1 is 0.614 bits per heavy atom. The molecule has 0 fully saturated rings. The zero-order valence-corrected chi connectivity index (χ0v) is 41.5. The lowest BCUT2D eigenvalue weighted by molar-refractivity contribution is 0.668. The average Bonchev–Trinajstić information content (AvgIpc) is 3.93. The van der Waals surface area contributed by atoms with Crippen molar-refractivity contribution < 1.29 is 0 Å². The molecule has 1 aliphatic rings. The van der Waals surface area contributed by atoms with E-state index in [9.17, 15) is 0 Å². The molecule has 0 unspecified atom stereocenters. The monoisotopic (exact) mass is 917 g/mol. The summed E-state index contributed by atoms with van der Waals surface area (Å²) in [6.07, 6.45) is 22.9. The van der Waals surface area contributed by atoms with Crippen molar-refractivity contribution in [1.82, 2.24) is 29.1 Å². The molecule has 0 bridgehead atoms. The quantitative estimate of drug-likeness (QED) is 0.108. The van der Waals surface area contributed by atoms with Crippen LogP contribution in [0.5, 0.6) is 0 Å². The zero-order valence-electron chi connectivity index (χ0n) is 41.5. The van der Waals surface area contributed by atoms with Crippen molar-refractivity contribution in [2.75, 3.05) is 0 Å². The molecule has 6 nitrogen and oxygen atoms in total. The van der Waals surface area contributed by atoms with Crippen molar-refractivity contribution in [2.24, 2.45) is 0 Å². The molecule has 0 radical (unpaired) electrons. The summed E-state index contributed by atoms with van der Waals surface area (Å²) in [7, 11) is 0. The van der Waals surface area contributed by atoms with Gasteiger partial charge in [0.05, 0.1) is 11.4 Å². The standard InChI is InChI=1S/C58H52N6.C4H6.C2H6/c1-5-9-26-46(7-3)63-55-30-20-19-29-49(55)51-35-45(37-59-57(51)63)42-31-41(44-34-50-48(21-6-2)54(8-4)64(58(50)60-38-44)47-27-17-12-18-28-47)32-43(33-42)53-36-52(39-22-13-10-14-23-39)61-56(62-53)40-24-15-11-16-25-40;1-3-4-2;1-2/h5,7,9-18,22-28,31-38H,3,6,8,19-21,29-30H2,1-2,4H3;3-4H,1-2H2;1-2H3/b9-5-,46-26+;;. The fourth-order valence-corrected chi connectivity index (χ4v) is 9.64. The Balaban J connectivity index is 0.00000105. The van der Waals surface area contributed by atoms with Crippen LogP contribution in [0.3, 0.4) is 0 Å². The number of aryl methyl sites for hydroxylation is 2. The third kappa shape index (κ3) is 9.95. The molecule has 4 aromatic carbocycles. The number of hydrogen-bond donors (Lipinski definition) is 0. The molecular formula is C64H64N6. The summed E-state index contributed by atoms with van der Waals surface area (Å²) < 4.78 is 4.70. The second-order valence-electron chi connectivity index (χ2n) is 17.1. The molecular weight excluding hydrogens is 853 g/mol. The Kier molecular flexibility index (Phi) is 15.9. The molecule has 0 amide bonds. The first-order valence-corrected chi connectivity index (χ1v) is 24.9. The first kappa shape index (κ1) is 48.5. The van der Waals surface area contributed by atoms with Gasteiger partial charge in [0.1, 0.15) is 11.3 Å². The molecule has 9 aromatic rings. The molecule has 5 aromatic heterocycles. The fourth-order valence-electron chi connectivity index (χ4n) is 9.64. The Morgan fingerprint density at radius 3 is 1.79 bits per heavy atom. The summed E-state index contributed by atoms with van der Waals surface area (Å²) in [5, 5.41) is 2.40. The molecule has 10 rings (SSSR count). The van der Waals surface area contributed by atoms with Crippen molar-refractivity contribution in [3.8, 4) is 61.8 Å². The highest BCUT2D eigenvalue weighted by Gasteiger charge is 2.24. The van der Waals surface area contributed by atoms with Crippen molar-refractivity contribution in [1.29, 1.82) is 0 Å². The van der Waals surface area contributed by atoms with Crippen LogP contribution in [0.4, 0.5) is 0 Å². The molecule has 5 heterocycles. The van der Waals surface area contributed by atoms with Gasteiger partial charge in [0.2, 0.25) is 0 Å². The summed E-state index contributed by atoms with van der Waals surface area (Å²) in [4.78, 5) is 21.0. The van der Waals surface area contributed by atoms with Crippen LogP contribution >= 0.6 is 0 Å². The van der Waals surface area contributed by atoms with Gasteiger partial charge in [-0.2, -0.15) is 0 Å². The van der Waals surface area contributed by atoms with Crippen LogP contribution in [0.15, 0.2) is 196 Å². The van der Waals surface area contributed by atoms with Crippen LogP contribution in [-0.2, 0) is 25.7 Å². The zero-order chi connectivity index (χ0) is 49.0. The van der Waals surface area contributed by atoms with E-state index < -0.39 is 0 Å². The highest BCUT2D eigenvalue weighted by molar-refractivity contribution is 5.93. The third-order valence-corrected chi connectivity index (χ3v) is 12.8. The normalized spacial score (nSPS) is 12.2. The van der Waals surface area contributed by atoms with Gasteiger partial charge < -0.3 is 0 Å². The van der Waals surface area contributed by atoms with E-state index in [4.69, 9.17) is 19.9 Å². The lowest BCUT2D eigenvalue weighted by atomic mass is 9.93. The molecule has 350 valence electrons. The summed E-state index contributed by atoms with van der Waals surface area (Å²) in [5.41, 5.74) is 18.6. The molecule has 0 spiro atoms. The number of aromatic nitrogens is 6. The van der Waals surface area contributed by atoms with Crippen molar-refractivity contribution >= 4 is 27.8 Å². The second-order valence-corrected chi connectivity index (χ2v) is 17.1. The molecule has 0 saturated carbocycles. The van der Waals surface area contributed by atoms with Crippen LogP contribution in [0.2, 0.25) is 0 Å². The van der Waals surface area contributed by atoms with Gasteiger partial charge in [-0.05, 0) is 128 Å². The van der Waals surface area contributed by atoms with E-state index >= 15 is 0 Å². The van der Waals surface area contributed by atoms with Crippen LogP contribution in [0.25, 0.3) is 89.6 Å². The minimum Gasteiger partial charge on any atom is -0.298 e. The number of rotatable bonds is 13. The average molecular weight is 917 g/mol. The van der Waals surface area contributed by atoms with E-state index in [-0.39, 0.29) is 0 Å². The number of nitrogens with zero attached hydrogens (tertiary/aromatic N) is 6. The van der Waals surface area contributed by atoms with Gasteiger partial charge in [-0.1, -0.05) is 157 Å². The van der Waals surface area contributed by atoms with Gasteiger partial charge in [-0.15, -0.1) is 0 Å². The maximum absolute atomic E-state index is 5.31.